The summed E-state index contributed by atoms with van der Waals surface area (Å²) in [4.78, 5) is 25.1. The minimum atomic E-state index is -2.85. The Morgan fingerprint density at radius 2 is 2.00 bits per heavy atom. The van der Waals surface area contributed by atoms with Crippen molar-refractivity contribution >= 4 is 11.9 Å². The van der Waals surface area contributed by atoms with Crippen LogP contribution in [-0.2, 0) is 16.0 Å². The van der Waals surface area contributed by atoms with E-state index < -0.39 is 18.5 Å². The predicted octanol–water partition coefficient (Wildman–Crippen LogP) is 2.79. The fraction of sp³-hybridized carbons (Fsp3) is 0.529. The van der Waals surface area contributed by atoms with Gasteiger partial charge in [0, 0.05) is 19.5 Å². The number of rotatable bonds is 6. The largest absolute Gasteiger partial charge is 0.481 e. The SMILES string of the molecule is CC1CN(C(=O)CCc2ccc(OC(F)F)cc2)CCC1C(=O)O. The van der Waals surface area contributed by atoms with Gasteiger partial charge in [0.1, 0.15) is 5.75 Å². The number of benzene rings is 1. The van der Waals surface area contributed by atoms with Crippen LogP contribution >= 0.6 is 0 Å². The van der Waals surface area contributed by atoms with Crippen LogP contribution in [-0.4, -0.2) is 41.6 Å². The number of carbonyl (C=O) groups is 2. The first-order valence-corrected chi connectivity index (χ1v) is 7.91. The summed E-state index contributed by atoms with van der Waals surface area (Å²) in [6, 6.07) is 6.22. The molecule has 1 fully saturated rings. The van der Waals surface area contributed by atoms with E-state index in [0.29, 0.717) is 32.4 Å². The fourth-order valence-electron chi connectivity index (χ4n) is 2.99. The zero-order chi connectivity index (χ0) is 17.7. The summed E-state index contributed by atoms with van der Waals surface area (Å²) in [7, 11) is 0. The highest BCUT2D eigenvalue weighted by Gasteiger charge is 2.32. The maximum Gasteiger partial charge on any atom is 0.387 e. The molecule has 1 amide bonds. The van der Waals surface area contributed by atoms with Crippen LogP contribution in [0.1, 0.15) is 25.3 Å². The van der Waals surface area contributed by atoms with Gasteiger partial charge in [-0.05, 0) is 36.5 Å². The van der Waals surface area contributed by atoms with Crippen molar-refractivity contribution in [3.8, 4) is 5.75 Å². The van der Waals surface area contributed by atoms with Crippen molar-refractivity contribution in [2.24, 2.45) is 11.8 Å². The quantitative estimate of drug-likeness (QED) is 0.864. The topological polar surface area (TPSA) is 66.8 Å². The summed E-state index contributed by atoms with van der Waals surface area (Å²) < 4.78 is 28.4. The smallest absolute Gasteiger partial charge is 0.387 e. The summed E-state index contributed by atoms with van der Waals surface area (Å²) in [5.74, 6) is -1.19. The highest BCUT2D eigenvalue weighted by Crippen LogP contribution is 2.24. The number of aliphatic carboxylic acids is 1. The lowest BCUT2D eigenvalue weighted by Gasteiger charge is -2.35. The van der Waals surface area contributed by atoms with E-state index in [1.165, 1.54) is 12.1 Å². The average molecular weight is 341 g/mol. The first-order valence-electron chi connectivity index (χ1n) is 7.91. The first kappa shape index (κ1) is 18.2. The van der Waals surface area contributed by atoms with E-state index >= 15 is 0 Å². The minimum absolute atomic E-state index is 0.0152. The molecule has 7 heteroatoms. The van der Waals surface area contributed by atoms with Gasteiger partial charge in [-0.1, -0.05) is 19.1 Å². The molecule has 1 heterocycles. The number of nitrogens with zero attached hydrogens (tertiary/aromatic N) is 1. The molecule has 1 saturated heterocycles. The fourth-order valence-corrected chi connectivity index (χ4v) is 2.99. The van der Waals surface area contributed by atoms with E-state index in [-0.39, 0.29) is 17.6 Å². The summed E-state index contributed by atoms with van der Waals surface area (Å²) in [5, 5.41) is 9.10. The summed E-state index contributed by atoms with van der Waals surface area (Å²) in [6.45, 7) is -0.0914. The van der Waals surface area contributed by atoms with Crippen molar-refractivity contribution in [1.29, 1.82) is 0 Å². The Labute approximate surface area is 139 Å². The molecule has 0 saturated carbocycles. The number of halogens is 2. The highest BCUT2D eigenvalue weighted by molar-refractivity contribution is 5.77. The van der Waals surface area contributed by atoms with Crippen LogP contribution in [0.2, 0.25) is 0 Å². The Kier molecular flexibility index (Phi) is 6.11. The molecule has 1 aliphatic rings. The van der Waals surface area contributed by atoms with Crippen LogP contribution in [0.25, 0.3) is 0 Å². The maximum absolute atomic E-state index is 12.3. The molecule has 0 aromatic heterocycles. The van der Waals surface area contributed by atoms with Crippen molar-refractivity contribution in [1.82, 2.24) is 4.90 Å². The van der Waals surface area contributed by atoms with Gasteiger partial charge < -0.3 is 14.7 Å². The van der Waals surface area contributed by atoms with Gasteiger partial charge in [-0.25, -0.2) is 0 Å². The van der Waals surface area contributed by atoms with Crippen molar-refractivity contribution < 1.29 is 28.2 Å². The van der Waals surface area contributed by atoms with Crippen molar-refractivity contribution in [3.63, 3.8) is 0 Å². The molecule has 0 radical (unpaired) electrons. The number of carbonyl (C=O) groups excluding carboxylic acids is 1. The van der Waals surface area contributed by atoms with Gasteiger partial charge in [0.15, 0.2) is 0 Å². The number of carboxylic acid groups (broad SMARTS) is 1. The maximum atomic E-state index is 12.3. The number of ether oxygens (including phenoxy) is 1. The third-order valence-electron chi connectivity index (χ3n) is 4.35. The molecule has 1 aliphatic heterocycles. The third kappa shape index (κ3) is 4.91. The molecule has 1 N–H and O–H groups in total. The molecule has 5 nitrogen and oxygen atoms in total. The number of hydrogen-bond acceptors (Lipinski definition) is 3. The third-order valence-corrected chi connectivity index (χ3v) is 4.35. The van der Waals surface area contributed by atoms with Crippen LogP contribution in [0.5, 0.6) is 5.75 Å². The highest BCUT2D eigenvalue weighted by atomic mass is 19.3. The van der Waals surface area contributed by atoms with E-state index in [0.717, 1.165) is 5.56 Å². The molecule has 1 aromatic rings. The van der Waals surface area contributed by atoms with E-state index in [1.807, 2.05) is 6.92 Å². The summed E-state index contributed by atoms with van der Waals surface area (Å²) >= 11 is 0. The van der Waals surface area contributed by atoms with E-state index in [9.17, 15) is 18.4 Å². The molecule has 2 atom stereocenters. The lowest BCUT2D eigenvalue weighted by molar-refractivity contribution is -0.148. The standard InChI is InChI=1S/C17H21F2NO4/c1-11-10-20(9-8-14(11)16(22)23)15(21)7-4-12-2-5-13(6-3-12)24-17(18)19/h2-3,5-6,11,14,17H,4,7-10H2,1H3,(H,22,23). The summed E-state index contributed by atoms with van der Waals surface area (Å²) in [5.41, 5.74) is 0.860. The van der Waals surface area contributed by atoms with Gasteiger partial charge in [-0.3, -0.25) is 9.59 Å². The predicted molar refractivity (Wildman–Crippen MR) is 82.9 cm³/mol. The van der Waals surface area contributed by atoms with Crippen LogP contribution in [0.4, 0.5) is 8.78 Å². The molecule has 0 bridgehead atoms. The molecule has 132 valence electrons. The number of amides is 1. The van der Waals surface area contributed by atoms with E-state index in [2.05, 4.69) is 4.74 Å². The van der Waals surface area contributed by atoms with Crippen LogP contribution in [0, 0.1) is 11.8 Å². The van der Waals surface area contributed by atoms with Crippen LogP contribution in [0.3, 0.4) is 0 Å². The number of carboxylic acids is 1. The van der Waals surface area contributed by atoms with Gasteiger partial charge in [-0.15, -0.1) is 0 Å². The van der Waals surface area contributed by atoms with Gasteiger partial charge >= 0.3 is 12.6 Å². The zero-order valence-electron chi connectivity index (χ0n) is 13.5. The normalized spacial score (nSPS) is 20.9. The Morgan fingerprint density at radius 1 is 1.33 bits per heavy atom. The van der Waals surface area contributed by atoms with Crippen molar-refractivity contribution in [2.45, 2.75) is 32.8 Å². The number of aryl methyl sites for hydroxylation is 1. The Bertz CT molecular complexity index is 576. The molecule has 2 rings (SSSR count). The Balaban J connectivity index is 1.82. The number of alkyl halides is 2. The van der Waals surface area contributed by atoms with Crippen molar-refractivity contribution in [3.05, 3.63) is 29.8 Å². The van der Waals surface area contributed by atoms with Crippen LogP contribution < -0.4 is 4.74 Å². The second-order valence-electron chi connectivity index (χ2n) is 6.07. The Morgan fingerprint density at radius 3 is 2.54 bits per heavy atom. The van der Waals surface area contributed by atoms with Crippen molar-refractivity contribution in [2.75, 3.05) is 13.1 Å². The zero-order valence-corrected chi connectivity index (χ0v) is 13.5. The molecule has 0 spiro atoms. The van der Waals surface area contributed by atoms with Crippen LogP contribution in [0.15, 0.2) is 24.3 Å². The molecular weight excluding hydrogens is 320 g/mol. The number of piperidine rings is 1. The summed E-state index contributed by atoms with van der Waals surface area (Å²) in [6.07, 6.45) is 1.28. The molecular formula is C17H21F2NO4. The second kappa shape index (κ2) is 8.08. The van der Waals surface area contributed by atoms with E-state index in [4.69, 9.17) is 5.11 Å². The lowest BCUT2D eigenvalue weighted by atomic mass is 9.87. The molecule has 1 aromatic carbocycles. The minimum Gasteiger partial charge on any atom is -0.481 e. The molecule has 0 aliphatic carbocycles. The van der Waals surface area contributed by atoms with Gasteiger partial charge in [0.2, 0.25) is 5.91 Å². The average Bonchev–Trinajstić information content (AvgIpc) is 2.53. The number of hydrogen-bond donors (Lipinski definition) is 1. The second-order valence-corrected chi connectivity index (χ2v) is 6.07. The molecule has 2 unspecified atom stereocenters. The number of likely N-dealkylation sites (tertiary alicyclic amines) is 1. The Hall–Kier alpha value is -2.18. The monoisotopic (exact) mass is 341 g/mol. The van der Waals surface area contributed by atoms with Gasteiger partial charge in [-0.2, -0.15) is 8.78 Å². The first-order chi connectivity index (χ1) is 11.4. The molecule has 24 heavy (non-hydrogen) atoms. The lowest BCUT2D eigenvalue weighted by Crippen LogP contribution is -2.45. The van der Waals surface area contributed by atoms with Gasteiger partial charge in [0.25, 0.3) is 0 Å². The van der Waals surface area contributed by atoms with E-state index in [1.54, 1.807) is 17.0 Å². The van der Waals surface area contributed by atoms with Gasteiger partial charge in [0.05, 0.1) is 5.92 Å².